The number of benzene rings is 1. The van der Waals surface area contributed by atoms with E-state index in [-0.39, 0.29) is 12.0 Å². The van der Waals surface area contributed by atoms with E-state index in [0.29, 0.717) is 22.7 Å². The number of thioether (sulfide) groups is 1. The first-order valence-electron chi connectivity index (χ1n) is 8.26. The lowest BCUT2D eigenvalue weighted by Crippen LogP contribution is -2.28. The second-order valence-corrected chi connectivity index (χ2v) is 7.01. The van der Waals surface area contributed by atoms with Gasteiger partial charge in [0.05, 0.1) is 23.9 Å². The van der Waals surface area contributed by atoms with Crippen molar-refractivity contribution in [2.24, 2.45) is 0 Å². The highest BCUT2D eigenvalue weighted by atomic mass is 32.2. The Labute approximate surface area is 156 Å². The van der Waals surface area contributed by atoms with Gasteiger partial charge in [0.2, 0.25) is 5.88 Å². The summed E-state index contributed by atoms with van der Waals surface area (Å²) < 4.78 is 10.6. The molecule has 2 aromatic rings. The number of amides is 1. The average molecular weight is 372 g/mol. The molecule has 1 aromatic carbocycles. The molecule has 1 atom stereocenters. The van der Waals surface area contributed by atoms with E-state index in [1.807, 2.05) is 11.8 Å². The first kappa shape index (κ1) is 18.3. The molecular formula is C19H20N2O4S. The van der Waals surface area contributed by atoms with Gasteiger partial charge in [0.1, 0.15) is 6.10 Å². The summed E-state index contributed by atoms with van der Waals surface area (Å²) in [4.78, 5) is 30.3. The number of ether oxygens (including phenoxy) is 2. The number of carbonyl (C=O) groups excluding carboxylic acids is 2. The van der Waals surface area contributed by atoms with Crippen molar-refractivity contribution in [1.29, 1.82) is 0 Å². The number of rotatable bonds is 5. The molecule has 1 fully saturated rings. The van der Waals surface area contributed by atoms with E-state index >= 15 is 0 Å². The summed E-state index contributed by atoms with van der Waals surface area (Å²) in [6.07, 6.45) is 2.69. The summed E-state index contributed by atoms with van der Waals surface area (Å²) in [6.45, 7) is 0. The van der Waals surface area contributed by atoms with Gasteiger partial charge in [-0.25, -0.2) is 9.78 Å². The Balaban J connectivity index is 1.75. The fourth-order valence-electron chi connectivity index (χ4n) is 2.70. The molecular weight excluding hydrogens is 352 g/mol. The molecule has 0 N–H and O–H groups in total. The number of nitrogens with zero attached hydrogens (tertiary/aromatic N) is 2. The minimum Gasteiger partial charge on any atom is -0.473 e. The van der Waals surface area contributed by atoms with Crippen molar-refractivity contribution in [1.82, 2.24) is 4.98 Å². The Kier molecular flexibility index (Phi) is 5.78. The van der Waals surface area contributed by atoms with Gasteiger partial charge < -0.3 is 14.4 Å². The van der Waals surface area contributed by atoms with Gasteiger partial charge in [0.25, 0.3) is 5.91 Å². The highest BCUT2D eigenvalue weighted by Gasteiger charge is 2.21. The van der Waals surface area contributed by atoms with E-state index in [9.17, 15) is 9.59 Å². The lowest BCUT2D eigenvalue weighted by atomic mass is 10.1. The third kappa shape index (κ3) is 3.99. The van der Waals surface area contributed by atoms with Crippen LogP contribution in [0.25, 0.3) is 0 Å². The Morgan fingerprint density at radius 3 is 2.69 bits per heavy atom. The van der Waals surface area contributed by atoms with Crippen molar-refractivity contribution >= 4 is 29.3 Å². The van der Waals surface area contributed by atoms with Crippen molar-refractivity contribution in [3.63, 3.8) is 0 Å². The van der Waals surface area contributed by atoms with Crippen LogP contribution in [0, 0.1) is 0 Å². The van der Waals surface area contributed by atoms with E-state index in [1.165, 1.54) is 18.2 Å². The molecule has 1 amide bonds. The molecule has 6 nitrogen and oxygen atoms in total. The molecule has 0 unspecified atom stereocenters. The van der Waals surface area contributed by atoms with Crippen LogP contribution >= 0.6 is 11.8 Å². The van der Waals surface area contributed by atoms with Gasteiger partial charge in [0.15, 0.2) is 0 Å². The standard InChI is InChI=1S/C19H20N2O4S/c1-21(16-6-4-3-5-15(16)19(23)24-2)18(22)13-7-8-17(20-11-13)25-14-9-10-26-12-14/h3-8,11,14H,9-10,12H2,1-2H3/t14-/m0/s1. The summed E-state index contributed by atoms with van der Waals surface area (Å²) in [5.41, 5.74) is 1.23. The second-order valence-electron chi connectivity index (χ2n) is 5.86. The van der Waals surface area contributed by atoms with Gasteiger partial charge in [-0.3, -0.25) is 4.79 Å². The molecule has 0 spiro atoms. The van der Waals surface area contributed by atoms with Gasteiger partial charge in [-0.2, -0.15) is 11.8 Å². The molecule has 26 heavy (non-hydrogen) atoms. The molecule has 0 aliphatic carbocycles. The number of carbonyl (C=O) groups is 2. The van der Waals surface area contributed by atoms with E-state index in [1.54, 1.807) is 43.4 Å². The number of hydrogen-bond donors (Lipinski definition) is 0. The number of aromatic nitrogens is 1. The highest BCUT2D eigenvalue weighted by Crippen LogP contribution is 2.24. The first-order chi connectivity index (χ1) is 12.6. The van der Waals surface area contributed by atoms with Gasteiger partial charge in [-0.15, -0.1) is 0 Å². The lowest BCUT2D eigenvalue weighted by molar-refractivity contribution is 0.0601. The van der Waals surface area contributed by atoms with Gasteiger partial charge >= 0.3 is 5.97 Å². The maximum absolute atomic E-state index is 12.8. The summed E-state index contributed by atoms with van der Waals surface area (Å²) >= 11 is 1.87. The maximum atomic E-state index is 12.8. The Hall–Kier alpha value is -2.54. The van der Waals surface area contributed by atoms with Crippen LogP contribution in [-0.2, 0) is 4.74 Å². The molecule has 1 aliphatic rings. The molecule has 0 radical (unpaired) electrons. The quantitative estimate of drug-likeness (QED) is 0.752. The SMILES string of the molecule is COC(=O)c1ccccc1N(C)C(=O)c1ccc(O[C@H]2CCSC2)nc1. The van der Waals surface area contributed by atoms with Crippen LogP contribution in [0.15, 0.2) is 42.6 Å². The van der Waals surface area contributed by atoms with Crippen molar-refractivity contribution in [3.8, 4) is 5.88 Å². The van der Waals surface area contributed by atoms with E-state index in [2.05, 4.69) is 4.98 Å². The number of para-hydroxylation sites is 1. The summed E-state index contributed by atoms with van der Waals surface area (Å²) in [6, 6.07) is 10.2. The molecule has 0 saturated carbocycles. The third-order valence-corrected chi connectivity index (χ3v) is 5.27. The number of esters is 1. The maximum Gasteiger partial charge on any atom is 0.339 e. The summed E-state index contributed by atoms with van der Waals surface area (Å²) in [5.74, 6) is 1.83. The van der Waals surface area contributed by atoms with Crippen molar-refractivity contribution in [2.45, 2.75) is 12.5 Å². The normalized spacial score (nSPS) is 16.2. The largest absolute Gasteiger partial charge is 0.473 e. The van der Waals surface area contributed by atoms with Gasteiger partial charge in [-0.1, -0.05) is 12.1 Å². The second kappa shape index (κ2) is 8.23. The molecule has 0 bridgehead atoms. The molecule has 1 aliphatic heterocycles. The smallest absolute Gasteiger partial charge is 0.339 e. The van der Waals surface area contributed by atoms with Crippen molar-refractivity contribution in [2.75, 3.05) is 30.6 Å². The van der Waals surface area contributed by atoms with Crippen LogP contribution in [0.1, 0.15) is 27.1 Å². The zero-order valence-corrected chi connectivity index (χ0v) is 15.5. The summed E-state index contributed by atoms with van der Waals surface area (Å²) in [7, 11) is 2.93. The Morgan fingerprint density at radius 2 is 2.04 bits per heavy atom. The van der Waals surface area contributed by atoms with Crippen LogP contribution in [0.2, 0.25) is 0 Å². The fraction of sp³-hybridized carbons (Fsp3) is 0.316. The van der Waals surface area contributed by atoms with E-state index < -0.39 is 5.97 Å². The number of pyridine rings is 1. The van der Waals surface area contributed by atoms with Crippen molar-refractivity contribution in [3.05, 3.63) is 53.7 Å². The van der Waals surface area contributed by atoms with Crippen LogP contribution in [0.3, 0.4) is 0 Å². The molecule has 1 aromatic heterocycles. The zero-order chi connectivity index (χ0) is 18.5. The molecule has 3 rings (SSSR count). The number of anilines is 1. The molecule has 1 saturated heterocycles. The summed E-state index contributed by atoms with van der Waals surface area (Å²) in [5, 5.41) is 0. The molecule has 7 heteroatoms. The lowest BCUT2D eigenvalue weighted by Gasteiger charge is -2.20. The van der Waals surface area contributed by atoms with Crippen molar-refractivity contribution < 1.29 is 19.1 Å². The highest BCUT2D eigenvalue weighted by molar-refractivity contribution is 7.99. The fourth-order valence-corrected chi connectivity index (χ4v) is 3.80. The minimum absolute atomic E-state index is 0.184. The van der Waals surface area contributed by atoms with Crippen LogP contribution < -0.4 is 9.64 Å². The first-order valence-corrected chi connectivity index (χ1v) is 9.41. The zero-order valence-electron chi connectivity index (χ0n) is 14.7. The predicted octanol–water partition coefficient (Wildman–Crippen LogP) is 3.03. The average Bonchev–Trinajstić information content (AvgIpc) is 3.20. The van der Waals surface area contributed by atoms with Gasteiger partial charge in [-0.05, 0) is 30.4 Å². The Bertz CT molecular complexity index is 788. The van der Waals surface area contributed by atoms with Gasteiger partial charge in [0, 0.05) is 25.1 Å². The molecule has 136 valence electrons. The van der Waals surface area contributed by atoms with Crippen LogP contribution in [0.5, 0.6) is 5.88 Å². The van der Waals surface area contributed by atoms with Crippen LogP contribution in [0.4, 0.5) is 5.69 Å². The predicted molar refractivity (Wildman–Crippen MR) is 101 cm³/mol. The third-order valence-electron chi connectivity index (χ3n) is 4.13. The Morgan fingerprint density at radius 1 is 1.23 bits per heavy atom. The number of methoxy groups -OCH3 is 1. The van der Waals surface area contributed by atoms with E-state index in [4.69, 9.17) is 9.47 Å². The topological polar surface area (TPSA) is 68.7 Å². The number of hydrogen-bond acceptors (Lipinski definition) is 6. The van der Waals surface area contributed by atoms with Crippen LogP contribution in [-0.4, -0.2) is 48.6 Å². The molecule has 2 heterocycles. The monoisotopic (exact) mass is 372 g/mol. The van der Waals surface area contributed by atoms with E-state index in [0.717, 1.165) is 17.9 Å². The minimum atomic E-state index is -0.489.